The lowest BCUT2D eigenvalue weighted by Gasteiger charge is -2.35. The van der Waals surface area contributed by atoms with Gasteiger partial charge in [0.1, 0.15) is 12.2 Å². The summed E-state index contributed by atoms with van der Waals surface area (Å²) in [6, 6.07) is 19.5. The van der Waals surface area contributed by atoms with Crippen LogP contribution in [0.2, 0.25) is 18.1 Å². The molecule has 0 aromatic heterocycles. The van der Waals surface area contributed by atoms with Crippen molar-refractivity contribution in [1.82, 2.24) is 0 Å². The number of hydrogen-bond donors (Lipinski definition) is 1. The molecule has 4 heteroatoms. The lowest BCUT2D eigenvalue weighted by Crippen LogP contribution is -2.40. The Morgan fingerprint density at radius 2 is 1.36 bits per heavy atom. The first kappa shape index (κ1) is 22.6. The first-order valence-corrected chi connectivity index (χ1v) is 12.8. The monoisotopic (exact) mass is 398 g/mol. The summed E-state index contributed by atoms with van der Waals surface area (Å²) in [5.41, 5.74) is 1.81. The van der Waals surface area contributed by atoms with Crippen molar-refractivity contribution in [3.05, 3.63) is 83.9 Å². The molecule has 0 spiro atoms. The minimum absolute atomic E-state index is 0.204. The number of rotatable bonds is 9. The average molecular weight is 399 g/mol. The third-order valence-corrected chi connectivity index (χ3v) is 9.94. The van der Waals surface area contributed by atoms with E-state index >= 15 is 0 Å². The summed E-state index contributed by atoms with van der Waals surface area (Å²) in [4.78, 5) is 0. The van der Waals surface area contributed by atoms with E-state index in [-0.39, 0.29) is 5.04 Å². The van der Waals surface area contributed by atoms with Crippen molar-refractivity contribution in [2.45, 2.75) is 51.1 Å². The van der Waals surface area contributed by atoms with Gasteiger partial charge in [0, 0.05) is 0 Å². The largest absolute Gasteiger partial charge is 0.413 e. The molecule has 2 aromatic rings. The predicted octanol–water partition coefficient (Wildman–Crippen LogP) is 6.06. The van der Waals surface area contributed by atoms with Crippen molar-refractivity contribution in [2.24, 2.45) is 0 Å². The van der Waals surface area contributed by atoms with E-state index in [1.165, 1.54) is 0 Å². The average Bonchev–Trinajstić information content (AvgIpc) is 2.67. The van der Waals surface area contributed by atoms with Crippen molar-refractivity contribution >= 4 is 8.32 Å². The third kappa shape index (κ3) is 6.42. The molecule has 0 amide bonds. The second-order valence-electron chi connectivity index (χ2n) is 8.56. The van der Waals surface area contributed by atoms with E-state index in [2.05, 4.69) is 33.9 Å². The summed E-state index contributed by atoms with van der Waals surface area (Å²) in [6.07, 6.45) is 2.84. The molecule has 0 saturated carbocycles. The summed E-state index contributed by atoms with van der Waals surface area (Å²) < 4.78 is 12.2. The van der Waals surface area contributed by atoms with Crippen LogP contribution >= 0.6 is 0 Å². The number of benzene rings is 2. The molecule has 152 valence electrons. The molecule has 2 aromatic carbocycles. The molecule has 0 bridgehead atoms. The molecule has 2 atom stereocenters. The second-order valence-corrected chi connectivity index (χ2v) is 13.4. The van der Waals surface area contributed by atoms with Crippen LogP contribution in [-0.4, -0.2) is 26.6 Å². The highest BCUT2D eigenvalue weighted by Gasteiger charge is 2.36. The molecule has 0 fully saturated rings. The van der Waals surface area contributed by atoms with Crippen LogP contribution in [0.4, 0.5) is 0 Å². The first-order valence-electron chi connectivity index (χ1n) is 9.91. The molecule has 0 saturated heterocycles. The third-order valence-electron chi connectivity index (χ3n) is 5.44. The van der Waals surface area contributed by atoms with Crippen LogP contribution in [0.25, 0.3) is 0 Å². The van der Waals surface area contributed by atoms with Gasteiger partial charge in [0.05, 0.1) is 13.2 Å². The zero-order chi connectivity index (χ0) is 20.6. The quantitative estimate of drug-likeness (QED) is 0.412. The standard InChI is InChI=1S/C24H34O3Si/c1-24(2,3)28(4,5)27-19-13-12-18-26-23(21-16-10-7-11-17-21)22(25)20-14-8-6-9-15-20/h6-17,22-23,25H,18-19H2,1-5H3/b13-12-/t22-,23-/m0/s1. The lowest BCUT2D eigenvalue weighted by molar-refractivity contribution is -0.0301. The van der Waals surface area contributed by atoms with E-state index in [1.54, 1.807) is 0 Å². The van der Waals surface area contributed by atoms with Gasteiger partial charge >= 0.3 is 0 Å². The molecule has 0 unspecified atom stereocenters. The van der Waals surface area contributed by atoms with E-state index in [1.807, 2.05) is 72.8 Å². The number of aliphatic hydroxyl groups is 1. The lowest BCUT2D eigenvalue weighted by atomic mass is 9.98. The van der Waals surface area contributed by atoms with Gasteiger partial charge in [-0.05, 0) is 29.3 Å². The Labute approximate surface area is 171 Å². The number of hydrogen-bond acceptors (Lipinski definition) is 3. The molecular weight excluding hydrogens is 364 g/mol. The van der Waals surface area contributed by atoms with Crippen LogP contribution in [0.3, 0.4) is 0 Å². The molecule has 28 heavy (non-hydrogen) atoms. The van der Waals surface area contributed by atoms with Gasteiger partial charge in [0.2, 0.25) is 0 Å². The Kier molecular flexibility index (Phi) is 8.19. The van der Waals surface area contributed by atoms with Crippen LogP contribution < -0.4 is 0 Å². The maximum Gasteiger partial charge on any atom is 0.192 e. The fraction of sp³-hybridized carbons (Fsp3) is 0.417. The summed E-state index contributed by atoms with van der Waals surface area (Å²) in [6.45, 7) is 12.2. The summed E-state index contributed by atoms with van der Waals surface area (Å²) in [7, 11) is -1.73. The Balaban J connectivity index is 1.97. The zero-order valence-electron chi connectivity index (χ0n) is 17.8. The SMILES string of the molecule is CC(C)(C)[Si](C)(C)OC/C=C\CO[C@@H](c1ccccc1)[C@@H](O)c1ccccc1. The normalized spacial score (nSPS) is 14.9. The molecule has 0 aliphatic carbocycles. The molecule has 0 radical (unpaired) electrons. The summed E-state index contributed by atoms with van der Waals surface area (Å²) in [5.74, 6) is 0. The Morgan fingerprint density at radius 1 is 0.857 bits per heavy atom. The number of ether oxygens (including phenoxy) is 1. The minimum atomic E-state index is -1.73. The van der Waals surface area contributed by atoms with E-state index < -0.39 is 20.5 Å². The smallest absolute Gasteiger partial charge is 0.192 e. The van der Waals surface area contributed by atoms with E-state index in [0.29, 0.717) is 13.2 Å². The Bertz CT molecular complexity index is 721. The fourth-order valence-corrected chi connectivity index (χ4v) is 3.55. The van der Waals surface area contributed by atoms with Gasteiger partial charge in [-0.2, -0.15) is 0 Å². The molecule has 0 aliphatic rings. The minimum Gasteiger partial charge on any atom is -0.413 e. The van der Waals surface area contributed by atoms with Gasteiger partial charge in [-0.15, -0.1) is 0 Å². The van der Waals surface area contributed by atoms with Crippen molar-refractivity contribution in [3.63, 3.8) is 0 Å². The topological polar surface area (TPSA) is 38.7 Å². The predicted molar refractivity (Wildman–Crippen MR) is 119 cm³/mol. The van der Waals surface area contributed by atoms with Crippen LogP contribution in [0.1, 0.15) is 44.1 Å². The highest BCUT2D eigenvalue weighted by molar-refractivity contribution is 6.74. The fourth-order valence-electron chi connectivity index (χ4n) is 2.61. The van der Waals surface area contributed by atoms with Crippen molar-refractivity contribution in [2.75, 3.05) is 13.2 Å². The van der Waals surface area contributed by atoms with Gasteiger partial charge < -0.3 is 14.3 Å². The zero-order valence-corrected chi connectivity index (χ0v) is 18.8. The van der Waals surface area contributed by atoms with Crippen LogP contribution in [0.15, 0.2) is 72.8 Å². The molecule has 1 N–H and O–H groups in total. The maximum atomic E-state index is 10.9. The highest BCUT2D eigenvalue weighted by atomic mass is 28.4. The Morgan fingerprint density at radius 3 is 1.89 bits per heavy atom. The van der Waals surface area contributed by atoms with Crippen molar-refractivity contribution in [1.29, 1.82) is 0 Å². The van der Waals surface area contributed by atoms with Gasteiger partial charge in [-0.1, -0.05) is 93.6 Å². The second kappa shape index (κ2) is 10.2. The maximum absolute atomic E-state index is 10.9. The van der Waals surface area contributed by atoms with Gasteiger partial charge in [-0.25, -0.2) is 0 Å². The van der Waals surface area contributed by atoms with Gasteiger partial charge in [0.15, 0.2) is 8.32 Å². The van der Waals surface area contributed by atoms with E-state index in [0.717, 1.165) is 11.1 Å². The van der Waals surface area contributed by atoms with Crippen LogP contribution in [-0.2, 0) is 9.16 Å². The van der Waals surface area contributed by atoms with Crippen molar-refractivity contribution in [3.8, 4) is 0 Å². The molecular formula is C24H34O3Si. The number of aliphatic hydroxyl groups excluding tert-OH is 1. The summed E-state index contributed by atoms with van der Waals surface area (Å²) >= 11 is 0. The summed E-state index contributed by atoms with van der Waals surface area (Å²) in [5, 5.41) is 11.1. The molecule has 2 rings (SSSR count). The molecule has 0 aliphatic heterocycles. The van der Waals surface area contributed by atoms with Crippen LogP contribution in [0, 0.1) is 0 Å². The first-order chi connectivity index (χ1) is 13.2. The van der Waals surface area contributed by atoms with E-state index in [4.69, 9.17) is 9.16 Å². The van der Waals surface area contributed by atoms with E-state index in [9.17, 15) is 5.11 Å². The van der Waals surface area contributed by atoms with Gasteiger partial charge in [0.25, 0.3) is 0 Å². The Hall–Kier alpha value is -1.72. The molecule has 3 nitrogen and oxygen atoms in total. The van der Waals surface area contributed by atoms with Crippen LogP contribution in [0.5, 0.6) is 0 Å². The van der Waals surface area contributed by atoms with Gasteiger partial charge in [-0.3, -0.25) is 0 Å². The van der Waals surface area contributed by atoms with Crippen molar-refractivity contribution < 1.29 is 14.3 Å². The highest BCUT2D eigenvalue weighted by Crippen LogP contribution is 2.36. The molecule has 0 heterocycles.